The quantitative estimate of drug-likeness (QED) is 0.864. The summed E-state index contributed by atoms with van der Waals surface area (Å²) in [4.78, 5) is 17.7. The van der Waals surface area contributed by atoms with Crippen LogP contribution in [0.5, 0.6) is 0 Å². The number of pyridine rings is 1. The van der Waals surface area contributed by atoms with Crippen LogP contribution in [-0.2, 0) is 21.2 Å². The molecule has 2 N–H and O–H groups in total. The fraction of sp³-hybridized carbons (Fsp3) is 0.538. The predicted molar refractivity (Wildman–Crippen MR) is 75.3 cm³/mol. The Kier molecular flexibility index (Phi) is 4.72. The number of carbonyl (C=O) groups is 1. The van der Waals surface area contributed by atoms with Gasteiger partial charge >= 0.3 is 0 Å². The predicted octanol–water partition coefficient (Wildman–Crippen LogP) is 0.294. The summed E-state index contributed by atoms with van der Waals surface area (Å²) >= 11 is 0. The molecule has 1 unspecified atom stereocenters. The molecule has 0 bridgehead atoms. The zero-order valence-corrected chi connectivity index (χ0v) is 12.1. The summed E-state index contributed by atoms with van der Waals surface area (Å²) in [7, 11) is -3.56. The van der Waals surface area contributed by atoms with E-state index >= 15 is 0 Å². The first-order chi connectivity index (χ1) is 9.47. The molecule has 1 aromatic rings. The van der Waals surface area contributed by atoms with Crippen molar-refractivity contribution in [1.29, 1.82) is 0 Å². The molecule has 2 rings (SSSR count). The summed E-state index contributed by atoms with van der Waals surface area (Å²) < 4.78 is 22.7. The number of hydrogen-bond donors (Lipinski definition) is 1. The summed E-state index contributed by atoms with van der Waals surface area (Å²) in [6, 6.07) is 3.74. The van der Waals surface area contributed by atoms with Crippen LogP contribution in [0.1, 0.15) is 24.8 Å². The standard InChI is InChI=1S/C13H19N3O3S/c14-20(18,19)12-2-1-9-16(10-12)13(17)4-3-11-5-7-15-8-6-11/h5-8,12H,1-4,9-10H2,(H2,14,18,19). The average Bonchev–Trinajstić information content (AvgIpc) is 2.45. The zero-order chi connectivity index (χ0) is 14.6. The van der Waals surface area contributed by atoms with Gasteiger partial charge in [-0.15, -0.1) is 0 Å². The van der Waals surface area contributed by atoms with Crippen molar-refractivity contribution >= 4 is 15.9 Å². The van der Waals surface area contributed by atoms with Crippen LogP contribution in [0.25, 0.3) is 0 Å². The molecule has 0 spiro atoms. The van der Waals surface area contributed by atoms with Gasteiger partial charge in [-0.25, -0.2) is 13.6 Å². The van der Waals surface area contributed by atoms with Crippen molar-refractivity contribution in [2.45, 2.75) is 30.9 Å². The van der Waals surface area contributed by atoms with Crippen molar-refractivity contribution in [2.24, 2.45) is 5.14 Å². The Morgan fingerprint density at radius 1 is 1.40 bits per heavy atom. The zero-order valence-electron chi connectivity index (χ0n) is 11.2. The molecule has 1 aromatic heterocycles. The Hall–Kier alpha value is -1.47. The number of carbonyl (C=O) groups excluding carboxylic acids is 1. The molecule has 7 heteroatoms. The molecular formula is C13H19N3O3S. The largest absolute Gasteiger partial charge is 0.341 e. The number of nitrogens with zero attached hydrogens (tertiary/aromatic N) is 2. The Morgan fingerprint density at radius 2 is 2.10 bits per heavy atom. The third-order valence-corrected chi connectivity index (χ3v) is 4.89. The van der Waals surface area contributed by atoms with Crippen molar-refractivity contribution in [1.82, 2.24) is 9.88 Å². The second-order valence-corrected chi connectivity index (χ2v) is 6.89. The van der Waals surface area contributed by atoms with Crippen molar-refractivity contribution in [3.8, 4) is 0 Å². The summed E-state index contributed by atoms with van der Waals surface area (Å²) in [5.74, 6) is -0.0184. The molecular weight excluding hydrogens is 278 g/mol. The summed E-state index contributed by atoms with van der Waals surface area (Å²) in [5, 5.41) is 4.54. The van der Waals surface area contributed by atoms with Gasteiger partial charge in [-0.2, -0.15) is 0 Å². The Morgan fingerprint density at radius 3 is 2.75 bits per heavy atom. The number of hydrogen-bond acceptors (Lipinski definition) is 4. The maximum absolute atomic E-state index is 12.1. The first-order valence-electron chi connectivity index (χ1n) is 6.65. The molecule has 2 heterocycles. The van der Waals surface area contributed by atoms with E-state index in [0.29, 0.717) is 32.2 Å². The van der Waals surface area contributed by atoms with Gasteiger partial charge in [0.1, 0.15) is 0 Å². The van der Waals surface area contributed by atoms with Gasteiger partial charge in [-0.3, -0.25) is 9.78 Å². The van der Waals surface area contributed by atoms with Gasteiger partial charge in [-0.05, 0) is 37.0 Å². The monoisotopic (exact) mass is 297 g/mol. The van der Waals surface area contributed by atoms with Crippen LogP contribution in [0.4, 0.5) is 0 Å². The van der Waals surface area contributed by atoms with E-state index in [1.54, 1.807) is 17.3 Å². The molecule has 1 atom stereocenters. The maximum Gasteiger partial charge on any atom is 0.222 e. The van der Waals surface area contributed by atoms with E-state index in [4.69, 9.17) is 5.14 Å². The minimum absolute atomic E-state index is 0.0184. The highest BCUT2D eigenvalue weighted by molar-refractivity contribution is 7.89. The topological polar surface area (TPSA) is 93.4 Å². The normalized spacial score (nSPS) is 19.9. The third-order valence-electron chi connectivity index (χ3n) is 3.57. The van der Waals surface area contributed by atoms with Crippen molar-refractivity contribution in [3.63, 3.8) is 0 Å². The molecule has 110 valence electrons. The second kappa shape index (κ2) is 6.32. The van der Waals surface area contributed by atoms with Crippen LogP contribution >= 0.6 is 0 Å². The Labute approximate surface area is 119 Å². The molecule has 6 nitrogen and oxygen atoms in total. The molecule has 0 aromatic carbocycles. The van der Waals surface area contributed by atoms with E-state index in [2.05, 4.69) is 4.98 Å². The van der Waals surface area contributed by atoms with E-state index in [1.807, 2.05) is 12.1 Å². The summed E-state index contributed by atoms with van der Waals surface area (Å²) in [6.07, 6.45) is 5.61. The number of rotatable bonds is 4. The van der Waals surface area contributed by atoms with Crippen LogP contribution in [0, 0.1) is 0 Å². The maximum atomic E-state index is 12.1. The van der Waals surface area contributed by atoms with E-state index in [-0.39, 0.29) is 12.5 Å². The Bertz CT molecular complexity index is 559. The summed E-state index contributed by atoms with van der Waals surface area (Å²) in [6.45, 7) is 0.829. The molecule has 1 saturated heterocycles. The fourth-order valence-corrected chi connectivity index (χ4v) is 3.27. The molecule has 0 radical (unpaired) electrons. The lowest BCUT2D eigenvalue weighted by molar-refractivity contribution is -0.131. The Balaban J connectivity index is 1.89. The van der Waals surface area contributed by atoms with Crippen LogP contribution < -0.4 is 5.14 Å². The lowest BCUT2D eigenvalue weighted by Crippen LogP contribution is -2.47. The van der Waals surface area contributed by atoms with Crippen LogP contribution in [-0.4, -0.2) is 42.5 Å². The summed E-state index contributed by atoms with van der Waals surface area (Å²) in [5.41, 5.74) is 1.05. The highest BCUT2D eigenvalue weighted by atomic mass is 32.2. The van der Waals surface area contributed by atoms with Crippen LogP contribution in [0.2, 0.25) is 0 Å². The number of primary sulfonamides is 1. The minimum atomic E-state index is -3.56. The molecule has 0 saturated carbocycles. The number of nitrogens with two attached hydrogens (primary N) is 1. The van der Waals surface area contributed by atoms with E-state index in [1.165, 1.54) is 0 Å². The highest BCUT2D eigenvalue weighted by Crippen LogP contribution is 2.16. The number of sulfonamides is 1. The van der Waals surface area contributed by atoms with Gasteiger partial charge in [0.2, 0.25) is 15.9 Å². The van der Waals surface area contributed by atoms with Crippen molar-refractivity contribution in [2.75, 3.05) is 13.1 Å². The lowest BCUT2D eigenvalue weighted by Gasteiger charge is -2.31. The number of aromatic nitrogens is 1. The van der Waals surface area contributed by atoms with Gasteiger partial charge in [0.25, 0.3) is 0 Å². The van der Waals surface area contributed by atoms with E-state index < -0.39 is 15.3 Å². The number of piperidine rings is 1. The molecule has 20 heavy (non-hydrogen) atoms. The molecule has 1 amide bonds. The number of aryl methyl sites for hydroxylation is 1. The van der Waals surface area contributed by atoms with Crippen molar-refractivity contribution in [3.05, 3.63) is 30.1 Å². The van der Waals surface area contributed by atoms with Gasteiger partial charge < -0.3 is 4.90 Å². The van der Waals surface area contributed by atoms with Gasteiger partial charge in [0.15, 0.2) is 0 Å². The first-order valence-corrected chi connectivity index (χ1v) is 8.26. The molecule has 1 aliphatic rings. The third kappa shape index (κ3) is 4.01. The second-order valence-electron chi connectivity index (χ2n) is 5.05. The number of likely N-dealkylation sites (tertiary alicyclic amines) is 1. The molecule has 0 aliphatic carbocycles. The molecule has 1 aliphatic heterocycles. The average molecular weight is 297 g/mol. The van der Waals surface area contributed by atoms with Crippen molar-refractivity contribution < 1.29 is 13.2 Å². The van der Waals surface area contributed by atoms with Crippen LogP contribution in [0.3, 0.4) is 0 Å². The lowest BCUT2D eigenvalue weighted by atomic mass is 10.1. The first kappa shape index (κ1) is 14.9. The smallest absolute Gasteiger partial charge is 0.222 e. The highest BCUT2D eigenvalue weighted by Gasteiger charge is 2.30. The SMILES string of the molecule is NS(=O)(=O)C1CCCN(C(=O)CCc2ccncc2)C1. The fourth-order valence-electron chi connectivity index (χ4n) is 2.39. The van der Waals surface area contributed by atoms with Gasteiger partial charge in [0.05, 0.1) is 5.25 Å². The van der Waals surface area contributed by atoms with Gasteiger partial charge in [0, 0.05) is 31.9 Å². The van der Waals surface area contributed by atoms with E-state index in [0.717, 1.165) is 5.56 Å². The van der Waals surface area contributed by atoms with Gasteiger partial charge in [-0.1, -0.05) is 0 Å². The minimum Gasteiger partial charge on any atom is -0.341 e. The van der Waals surface area contributed by atoms with E-state index in [9.17, 15) is 13.2 Å². The number of amides is 1. The molecule has 1 fully saturated rings. The van der Waals surface area contributed by atoms with Crippen LogP contribution in [0.15, 0.2) is 24.5 Å².